The second kappa shape index (κ2) is 9.87. The van der Waals surface area contributed by atoms with Crippen molar-refractivity contribution in [2.45, 2.75) is 19.3 Å². The first kappa shape index (κ1) is 27.6. The number of hydrogen-bond donors (Lipinski definition) is 0. The zero-order chi connectivity index (χ0) is 33.1. The molecular weight excluding hydrogens is 607 g/mol. The van der Waals surface area contributed by atoms with E-state index in [-0.39, 0.29) is 5.41 Å². The van der Waals surface area contributed by atoms with E-state index >= 15 is 0 Å². The molecule has 234 valence electrons. The van der Waals surface area contributed by atoms with Gasteiger partial charge in [0.15, 0.2) is 5.82 Å². The number of rotatable bonds is 2. The minimum absolute atomic E-state index is 0.178. The van der Waals surface area contributed by atoms with Crippen molar-refractivity contribution in [2.75, 3.05) is 0 Å². The topological polar surface area (TPSA) is 30.7 Å². The van der Waals surface area contributed by atoms with Crippen LogP contribution in [0.3, 0.4) is 0 Å². The van der Waals surface area contributed by atoms with Gasteiger partial charge in [0.2, 0.25) is 0 Å². The highest BCUT2D eigenvalue weighted by atomic mass is 15.1. The minimum Gasteiger partial charge on any atom is -0.292 e. The van der Waals surface area contributed by atoms with Crippen molar-refractivity contribution in [3.63, 3.8) is 0 Å². The van der Waals surface area contributed by atoms with Crippen LogP contribution >= 0.6 is 0 Å². The maximum absolute atomic E-state index is 5.65. The normalized spacial score (nSPS) is 13.6. The average Bonchev–Trinajstić information content (AvgIpc) is 3.60. The molecule has 1 aliphatic rings. The van der Waals surface area contributed by atoms with Gasteiger partial charge < -0.3 is 0 Å². The van der Waals surface area contributed by atoms with Crippen LogP contribution in [0.4, 0.5) is 0 Å². The first-order valence-electron chi connectivity index (χ1n) is 17.3. The van der Waals surface area contributed by atoms with Crippen LogP contribution in [-0.2, 0) is 5.41 Å². The summed E-state index contributed by atoms with van der Waals surface area (Å²) in [5.41, 5.74) is 11.2. The highest BCUT2D eigenvalue weighted by Crippen LogP contribution is 2.53. The highest BCUT2D eigenvalue weighted by Gasteiger charge is 2.38. The Labute approximate surface area is 289 Å². The van der Waals surface area contributed by atoms with E-state index in [2.05, 4.69) is 170 Å². The van der Waals surface area contributed by atoms with Gasteiger partial charge in [-0.2, -0.15) is 0 Å². The van der Waals surface area contributed by atoms with Crippen LogP contribution < -0.4 is 0 Å². The Morgan fingerprint density at radius 3 is 2.02 bits per heavy atom. The molecule has 0 radical (unpaired) electrons. The number of nitrogens with zero attached hydrogens (tertiary/aromatic N) is 3. The Hall–Kier alpha value is -6.32. The molecular formula is C47H31N3. The molecule has 0 aliphatic heterocycles. The van der Waals surface area contributed by atoms with Gasteiger partial charge in [-0.25, -0.2) is 9.97 Å². The summed E-state index contributed by atoms with van der Waals surface area (Å²) >= 11 is 0. The SMILES string of the molecule is CC1(C)c2ccccc2-c2ccc3c(c21)c1cc2ccccc2cc1n3-c1nc2c(ccc3ccccc32)nc1-c1ccc2ccccc2c1. The fourth-order valence-corrected chi connectivity index (χ4v) is 8.76. The van der Waals surface area contributed by atoms with Crippen molar-refractivity contribution in [1.82, 2.24) is 14.5 Å². The van der Waals surface area contributed by atoms with Gasteiger partial charge in [0.25, 0.3) is 0 Å². The van der Waals surface area contributed by atoms with E-state index in [9.17, 15) is 0 Å². The lowest BCUT2D eigenvalue weighted by Gasteiger charge is -2.22. The average molecular weight is 638 g/mol. The molecule has 0 unspecified atom stereocenters. The summed E-state index contributed by atoms with van der Waals surface area (Å²) in [5.74, 6) is 0.840. The van der Waals surface area contributed by atoms with Crippen LogP contribution in [-0.4, -0.2) is 14.5 Å². The van der Waals surface area contributed by atoms with E-state index < -0.39 is 0 Å². The van der Waals surface area contributed by atoms with Crippen molar-refractivity contribution in [3.8, 4) is 28.2 Å². The van der Waals surface area contributed by atoms with Gasteiger partial charge in [0, 0.05) is 27.1 Å². The van der Waals surface area contributed by atoms with E-state index in [0.29, 0.717) is 0 Å². The Morgan fingerprint density at radius 2 is 1.18 bits per heavy atom. The lowest BCUT2D eigenvalue weighted by atomic mass is 9.80. The summed E-state index contributed by atoms with van der Waals surface area (Å²) in [5, 5.41) is 9.61. The molecule has 0 spiro atoms. The zero-order valence-corrected chi connectivity index (χ0v) is 27.8. The molecule has 8 aromatic carbocycles. The van der Waals surface area contributed by atoms with Crippen LogP contribution in [0.15, 0.2) is 152 Å². The van der Waals surface area contributed by atoms with Gasteiger partial charge in [-0.15, -0.1) is 0 Å². The summed E-state index contributed by atoms with van der Waals surface area (Å²) in [7, 11) is 0. The van der Waals surface area contributed by atoms with Crippen LogP contribution in [0.5, 0.6) is 0 Å². The van der Waals surface area contributed by atoms with Gasteiger partial charge in [-0.05, 0) is 79.5 Å². The van der Waals surface area contributed by atoms with Crippen LogP contribution in [0, 0.1) is 0 Å². The molecule has 0 fully saturated rings. The third-order valence-corrected chi connectivity index (χ3v) is 11.1. The van der Waals surface area contributed by atoms with Crippen LogP contribution in [0.1, 0.15) is 25.0 Å². The summed E-state index contributed by atoms with van der Waals surface area (Å²) in [6.45, 7) is 4.76. The lowest BCUT2D eigenvalue weighted by molar-refractivity contribution is 0.666. The predicted molar refractivity (Wildman–Crippen MR) is 209 cm³/mol. The van der Waals surface area contributed by atoms with Crippen molar-refractivity contribution >= 4 is 65.2 Å². The van der Waals surface area contributed by atoms with Gasteiger partial charge in [0.1, 0.15) is 5.69 Å². The fourth-order valence-electron chi connectivity index (χ4n) is 8.76. The summed E-state index contributed by atoms with van der Waals surface area (Å²) in [4.78, 5) is 11.1. The van der Waals surface area contributed by atoms with Gasteiger partial charge in [-0.1, -0.05) is 135 Å². The quantitative estimate of drug-likeness (QED) is 0.177. The first-order chi connectivity index (χ1) is 24.5. The van der Waals surface area contributed by atoms with Crippen molar-refractivity contribution in [1.29, 1.82) is 0 Å². The summed E-state index contributed by atoms with van der Waals surface area (Å²) in [6.07, 6.45) is 0. The monoisotopic (exact) mass is 637 g/mol. The van der Waals surface area contributed by atoms with Crippen molar-refractivity contribution in [2.24, 2.45) is 0 Å². The second-order valence-corrected chi connectivity index (χ2v) is 14.2. The maximum Gasteiger partial charge on any atom is 0.165 e. The molecule has 3 heteroatoms. The molecule has 0 amide bonds. The maximum atomic E-state index is 5.65. The Kier molecular flexibility index (Phi) is 5.45. The smallest absolute Gasteiger partial charge is 0.165 e. The van der Waals surface area contributed by atoms with E-state index in [1.165, 1.54) is 54.6 Å². The molecule has 2 aromatic heterocycles. The van der Waals surface area contributed by atoms with Crippen molar-refractivity contribution < 1.29 is 0 Å². The summed E-state index contributed by atoms with van der Waals surface area (Å²) < 4.78 is 2.40. The van der Waals surface area contributed by atoms with Crippen LogP contribution in [0.2, 0.25) is 0 Å². The van der Waals surface area contributed by atoms with Gasteiger partial charge in [0.05, 0.1) is 22.1 Å². The van der Waals surface area contributed by atoms with Crippen LogP contribution in [0.25, 0.3) is 93.4 Å². The van der Waals surface area contributed by atoms with Gasteiger partial charge >= 0.3 is 0 Å². The van der Waals surface area contributed by atoms with E-state index in [1.54, 1.807) is 0 Å². The third kappa shape index (κ3) is 3.69. The number of aromatic nitrogens is 3. The van der Waals surface area contributed by atoms with E-state index in [4.69, 9.17) is 9.97 Å². The van der Waals surface area contributed by atoms with Crippen molar-refractivity contribution in [3.05, 3.63) is 163 Å². The molecule has 50 heavy (non-hydrogen) atoms. The fraction of sp³-hybridized carbons (Fsp3) is 0.0638. The lowest BCUT2D eigenvalue weighted by Crippen LogP contribution is -2.15. The number of benzene rings is 8. The van der Waals surface area contributed by atoms with E-state index in [0.717, 1.165) is 49.9 Å². The molecule has 0 bridgehead atoms. The molecule has 10 aromatic rings. The largest absolute Gasteiger partial charge is 0.292 e. The molecule has 3 nitrogen and oxygen atoms in total. The predicted octanol–water partition coefficient (Wildman–Crippen LogP) is 12.2. The number of fused-ring (bicyclic) bond motifs is 12. The highest BCUT2D eigenvalue weighted by molar-refractivity contribution is 6.18. The Bertz CT molecular complexity index is 3070. The molecule has 0 saturated heterocycles. The summed E-state index contributed by atoms with van der Waals surface area (Å²) in [6, 6.07) is 55.0. The molecule has 0 saturated carbocycles. The minimum atomic E-state index is -0.178. The second-order valence-electron chi connectivity index (χ2n) is 14.2. The van der Waals surface area contributed by atoms with E-state index in [1.807, 2.05) is 0 Å². The first-order valence-corrected chi connectivity index (χ1v) is 17.3. The molecule has 1 aliphatic carbocycles. The van der Waals surface area contributed by atoms with Gasteiger partial charge in [-0.3, -0.25) is 4.57 Å². The standard InChI is InChI=1S/C47H31N3/c1-47(2)38-18-10-9-17-35(38)36-22-24-40-42(43(36)47)37-26-31-14-5-6-15-32(31)27-41(37)50(40)46-44(33-20-19-28-11-3-4-13-30(28)25-33)48-39-23-21-29-12-7-8-16-34(29)45(39)49-46/h3-27H,1-2H3. The Morgan fingerprint density at radius 1 is 0.500 bits per heavy atom. The molecule has 2 heterocycles. The zero-order valence-electron chi connectivity index (χ0n) is 27.8. The third-order valence-electron chi connectivity index (χ3n) is 11.1. The molecule has 0 atom stereocenters. The molecule has 0 N–H and O–H groups in total. The Balaban J connectivity index is 1.34. The molecule has 11 rings (SSSR count). The number of hydrogen-bond acceptors (Lipinski definition) is 2.